The van der Waals surface area contributed by atoms with Crippen LogP contribution in [0.3, 0.4) is 0 Å². The highest BCUT2D eigenvalue weighted by atomic mass is 32.2. The third-order valence-electron chi connectivity index (χ3n) is 3.65. The summed E-state index contributed by atoms with van der Waals surface area (Å²) in [6.07, 6.45) is 3.87. The summed E-state index contributed by atoms with van der Waals surface area (Å²) in [5, 5.41) is 3.14. The Bertz CT molecular complexity index is 513. The van der Waals surface area contributed by atoms with Gasteiger partial charge in [0, 0.05) is 30.6 Å². The lowest BCUT2D eigenvalue weighted by Gasteiger charge is -2.32. The number of thioether (sulfide) groups is 1. The summed E-state index contributed by atoms with van der Waals surface area (Å²) in [4.78, 5) is 16.2. The van der Waals surface area contributed by atoms with E-state index in [1.165, 1.54) is 0 Å². The minimum Gasteiger partial charge on any atom is -0.392 e. The Kier molecular flexibility index (Phi) is 6.02. The van der Waals surface area contributed by atoms with E-state index in [1.807, 2.05) is 30.5 Å². The van der Waals surface area contributed by atoms with E-state index in [-0.39, 0.29) is 11.9 Å². The zero-order chi connectivity index (χ0) is 15.2. The number of thiocarbonyl (C=S) groups is 1. The molecule has 0 spiro atoms. The standard InChI is InChI=1S/C15H21N3OS2/c1-21-13-5-3-2-4-12(13)15(19)17-11-6-8-18(9-7-11)10-14(16)20/h2-5,11H,6-10H2,1H3,(H2,16,20)(H,17,19). The highest BCUT2D eigenvalue weighted by molar-refractivity contribution is 7.98. The molecule has 0 aromatic heterocycles. The van der Waals surface area contributed by atoms with Gasteiger partial charge in [0.05, 0.1) is 10.6 Å². The number of rotatable bonds is 5. The van der Waals surface area contributed by atoms with E-state index in [9.17, 15) is 4.79 Å². The van der Waals surface area contributed by atoms with Gasteiger partial charge in [-0.2, -0.15) is 0 Å². The molecule has 3 N–H and O–H groups in total. The molecule has 0 unspecified atom stereocenters. The topological polar surface area (TPSA) is 58.4 Å². The molecule has 0 aliphatic carbocycles. The lowest BCUT2D eigenvalue weighted by atomic mass is 10.0. The van der Waals surface area contributed by atoms with Crippen molar-refractivity contribution in [2.75, 3.05) is 25.9 Å². The Morgan fingerprint density at radius 3 is 2.71 bits per heavy atom. The number of carbonyl (C=O) groups excluding carboxylic acids is 1. The first-order valence-corrected chi connectivity index (χ1v) is 8.68. The van der Waals surface area contributed by atoms with Crippen LogP contribution in [0.25, 0.3) is 0 Å². The fraction of sp³-hybridized carbons (Fsp3) is 0.467. The van der Waals surface area contributed by atoms with E-state index >= 15 is 0 Å². The van der Waals surface area contributed by atoms with Crippen LogP contribution < -0.4 is 11.1 Å². The summed E-state index contributed by atoms with van der Waals surface area (Å²) < 4.78 is 0. The molecule has 1 aliphatic heterocycles. The van der Waals surface area contributed by atoms with E-state index < -0.39 is 0 Å². The van der Waals surface area contributed by atoms with Crippen molar-refractivity contribution < 1.29 is 4.79 Å². The van der Waals surface area contributed by atoms with Gasteiger partial charge >= 0.3 is 0 Å². The lowest BCUT2D eigenvalue weighted by Crippen LogP contribution is -2.46. The molecule has 4 nitrogen and oxygen atoms in total. The van der Waals surface area contributed by atoms with Crippen molar-refractivity contribution in [3.8, 4) is 0 Å². The van der Waals surface area contributed by atoms with Gasteiger partial charge in [-0.1, -0.05) is 24.4 Å². The van der Waals surface area contributed by atoms with Gasteiger partial charge in [0.2, 0.25) is 0 Å². The van der Waals surface area contributed by atoms with Gasteiger partial charge in [-0.15, -0.1) is 11.8 Å². The van der Waals surface area contributed by atoms with Gasteiger partial charge < -0.3 is 11.1 Å². The molecular formula is C15H21N3OS2. The number of hydrogen-bond donors (Lipinski definition) is 2. The first kappa shape index (κ1) is 16.3. The maximum atomic E-state index is 12.4. The zero-order valence-corrected chi connectivity index (χ0v) is 13.8. The summed E-state index contributed by atoms with van der Waals surface area (Å²) in [7, 11) is 0. The van der Waals surface area contributed by atoms with Crippen LogP contribution in [0.4, 0.5) is 0 Å². The normalized spacial score (nSPS) is 16.6. The molecule has 1 saturated heterocycles. The summed E-state index contributed by atoms with van der Waals surface area (Å²) in [5.74, 6) is 0.0211. The van der Waals surface area contributed by atoms with E-state index in [2.05, 4.69) is 10.2 Å². The van der Waals surface area contributed by atoms with E-state index in [4.69, 9.17) is 18.0 Å². The minimum absolute atomic E-state index is 0.0211. The molecular weight excluding hydrogens is 302 g/mol. The maximum Gasteiger partial charge on any atom is 0.252 e. The number of carbonyl (C=O) groups is 1. The second-order valence-corrected chi connectivity index (χ2v) is 6.56. The molecule has 0 radical (unpaired) electrons. The third-order valence-corrected chi connectivity index (χ3v) is 4.58. The maximum absolute atomic E-state index is 12.4. The largest absolute Gasteiger partial charge is 0.392 e. The molecule has 0 atom stereocenters. The number of nitrogens with one attached hydrogen (secondary N) is 1. The van der Waals surface area contributed by atoms with Crippen molar-refractivity contribution in [1.82, 2.24) is 10.2 Å². The molecule has 1 heterocycles. The number of nitrogens with two attached hydrogens (primary N) is 1. The fourth-order valence-corrected chi connectivity index (χ4v) is 3.33. The minimum atomic E-state index is 0.0211. The number of hydrogen-bond acceptors (Lipinski definition) is 4. The predicted octanol–water partition coefficient (Wildman–Crippen LogP) is 1.89. The number of nitrogens with zero attached hydrogens (tertiary/aromatic N) is 1. The number of benzene rings is 1. The lowest BCUT2D eigenvalue weighted by molar-refractivity contribution is 0.0912. The Balaban J connectivity index is 1.88. The van der Waals surface area contributed by atoms with Crippen molar-refractivity contribution in [1.29, 1.82) is 0 Å². The zero-order valence-electron chi connectivity index (χ0n) is 12.2. The molecule has 6 heteroatoms. The molecule has 1 aromatic rings. The van der Waals surface area contributed by atoms with E-state index in [0.29, 0.717) is 11.5 Å². The molecule has 2 rings (SSSR count). The summed E-state index contributed by atoms with van der Waals surface area (Å²) in [6.45, 7) is 2.52. The summed E-state index contributed by atoms with van der Waals surface area (Å²) in [5.41, 5.74) is 6.32. The van der Waals surface area contributed by atoms with Crippen molar-refractivity contribution in [3.63, 3.8) is 0 Å². The first-order chi connectivity index (χ1) is 10.1. The third kappa shape index (κ3) is 4.69. The van der Waals surface area contributed by atoms with Crippen molar-refractivity contribution in [3.05, 3.63) is 29.8 Å². The van der Waals surface area contributed by atoms with Gasteiger partial charge in [-0.25, -0.2) is 0 Å². The molecule has 1 amide bonds. The Hall–Kier alpha value is -1.11. The molecule has 0 saturated carbocycles. The number of amides is 1. The number of likely N-dealkylation sites (tertiary alicyclic amines) is 1. The highest BCUT2D eigenvalue weighted by Gasteiger charge is 2.22. The average Bonchev–Trinajstić information content (AvgIpc) is 2.48. The monoisotopic (exact) mass is 323 g/mol. The van der Waals surface area contributed by atoms with Crippen molar-refractivity contribution in [2.45, 2.75) is 23.8 Å². The number of piperidine rings is 1. The molecule has 114 valence electrons. The molecule has 1 fully saturated rings. The molecule has 1 aromatic carbocycles. The van der Waals surface area contributed by atoms with Gasteiger partial charge in [-0.3, -0.25) is 9.69 Å². The summed E-state index contributed by atoms with van der Waals surface area (Å²) >= 11 is 6.53. The van der Waals surface area contributed by atoms with Crippen molar-refractivity contribution in [2.24, 2.45) is 5.73 Å². The van der Waals surface area contributed by atoms with Crippen LogP contribution in [0.2, 0.25) is 0 Å². The second kappa shape index (κ2) is 7.77. The van der Waals surface area contributed by atoms with Crippen LogP contribution >= 0.6 is 24.0 Å². The fourth-order valence-electron chi connectivity index (χ4n) is 2.55. The van der Waals surface area contributed by atoms with Crippen LogP contribution in [-0.4, -0.2) is 47.7 Å². The van der Waals surface area contributed by atoms with Crippen LogP contribution in [0, 0.1) is 0 Å². The average molecular weight is 323 g/mol. The van der Waals surface area contributed by atoms with Crippen LogP contribution in [0.5, 0.6) is 0 Å². The molecule has 1 aliphatic rings. The van der Waals surface area contributed by atoms with Crippen molar-refractivity contribution >= 4 is 34.9 Å². The SMILES string of the molecule is CSc1ccccc1C(=O)NC1CCN(CC(N)=S)CC1. The molecule has 21 heavy (non-hydrogen) atoms. The highest BCUT2D eigenvalue weighted by Crippen LogP contribution is 2.20. The van der Waals surface area contributed by atoms with E-state index in [1.54, 1.807) is 11.8 Å². The van der Waals surface area contributed by atoms with Crippen LogP contribution in [0.15, 0.2) is 29.2 Å². The Labute approximate surface area is 135 Å². The quantitative estimate of drug-likeness (QED) is 0.640. The van der Waals surface area contributed by atoms with Gasteiger partial charge in [-0.05, 0) is 31.2 Å². The van der Waals surface area contributed by atoms with Gasteiger partial charge in [0.25, 0.3) is 5.91 Å². The Morgan fingerprint density at radius 2 is 2.10 bits per heavy atom. The van der Waals surface area contributed by atoms with Gasteiger partial charge in [0.1, 0.15) is 0 Å². The van der Waals surface area contributed by atoms with Gasteiger partial charge in [0.15, 0.2) is 0 Å². The smallest absolute Gasteiger partial charge is 0.252 e. The van der Waals surface area contributed by atoms with E-state index in [0.717, 1.165) is 36.4 Å². The first-order valence-electron chi connectivity index (χ1n) is 7.04. The molecule has 0 bridgehead atoms. The summed E-state index contributed by atoms with van der Waals surface area (Å²) in [6, 6.07) is 7.94. The Morgan fingerprint density at radius 1 is 1.43 bits per heavy atom. The van der Waals surface area contributed by atoms with Crippen LogP contribution in [0.1, 0.15) is 23.2 Å². The second-order valence-electron chi connectivity index (χ2n) is 5.19. The van der Waals surface area contributed by atoms with Crippen LogP contribution in [-0.2, 0) is 0 Å². The predicted molar refractivity (Wildman–Crippen MR) is 91.9 cm³/mol.